The molecule has 0 unspecified atom stereocenters. The Morgan fingerprint density at radius 2 is 1.69 bits per heavy atom. The van der Waals surface area contributed by atoms with Crippen LogP contribution in [0.1, 0.15) is 18.1 Å². The van der Waals surface area contributed by atoms with E-state index in [9.17, 15) is 4.39 Å². The summed E-state index contributed by atoms with van der Waals surface area (Å²) in [5.41, 5.74) is 2.17. The van der Waals surface area contributed by atoms with Gasteiger partial charge in [-0.05, 0) is 41.5 Å². The zero-order chi connectivity index (χ0) is 18.2. The van der Waals surface area contributed by atoms with Crippen molar-refractivity contribution in [2.75, 3.05) is 19.8 Å². The topological polar surface area (TPSA) is 30.5 Å². The van der Waals surface area contributed by atoms with Crippen molar-refractivity contribution >= 4 is 10.8 Å². The molecule has 26 heavy (non-hydrogen) atoms. The van der Waals surface area contributed by atoms with E-state index in [2.05, 4.69) is 23.5 Å². The van der Waals surface area contributed by atoms with Crippen molar-refractivity contribution in [3.8, 4) is 5.75 Å². The Bertz CT molecular complexity index is 833. The van der Waals surface area contributed by atoms with Crippen molar-refractivity contribution in [3.05, 3.63) is 77.6 Å². The highest BCUT2D eigenvalue weighted by Gasteiger charge is 2.09. The van der Waals surface area contributed by atoms with Gasteiger partial charge in [-0.15, -0.1) is 0 Å². The summed E-state index contributed by atoms with van der Waals surface area (Å²) < 4.78 is 24.3. The molecule has 0 spiro atoms. The molecule has 3 rings (SSSR count). The molecule has 0 heterocycles. The van der Waals surface area contributed by atoms with Crippen LogP contribution in [0.5, 0.6) is 5.75 Å². The van der Waals surface area contributed by atoms with E-state index in [1.54, 1.807) is 12.1 Å². The highest BCUT2D eigenvalue weighted by molar-refractivity contribution is 5.87. The van der Waals surface area contributed by atoms with E-state index in [-0.39, 0.29) is 5.82 Å². The van der Waals surface area contributed by atoms with Gasteiger partial charge in [0.25, 0.3) is 0 Å². The summed E-state index contributed by atoms with van der Waals surface area (Å²) in [5, 5.41) is 5.80. The zero-order valence-electron chi connectivity index (χ0n) is 15.0. The van der Waals surface area contributed by atoms with E-state index in [0.717, 1.165) is 16.9 Å². The molecule has 0 atom stereocenters. The molecule has 0 aliphatic carbocycles. The van der Waals surface area contributed by atoms with Crippen LogP contribution in [-0.2, 0) is 17.8 Å². The van der Waals surface area contributed by atoms with E-state index >= 15 is 0 Å². The number of hydrogen-bond donors (Lipinski definition) is 1. The van der Waals surface area contributed by atoms with Crippen LogP contribution >= 0.6 is 0 Å². The van der Waals surface area contributed by atoms with Crippen molar-refractivity contribution in [3.63, 3.8) is 0 Å². The minimum Gasteiger partial charge on any atom is -0.491 e. The molecule has 0 aromatic heterocycles. The Balaban J connectivity index is 1.73. The molecule has 0 fully saturated rings. The lowest BCUT2D eigenvalue weighted by Crippen LogP contribution is -2.15. The maximum absolute atomic E-state index is 13.0. The first-order valence-corrected chi connectivity index (χ1v) is 8.94. The smallest absolute Gasteiger partial charge is 0.124 e. The molecule has 4 heteroatoms. The number of benzene rings is 3. The van der Waals surface area contributed by atoms with Crippen LogP contribution in [-0.4, -0.2) is 19.8 Å². The third-order valence-electron chi connectivity index (χ3n) is 4.23. The molecule has 0 bridgehead atoms. The first kappa shape index (κ1) is 18.4. The number of rotatable bonds is 9. The van der Waals surface area contributed by atoms with Crippen LogP contribution in [0, 0.1) is 5.82 Å². The Morgan fingerprint density at radius 1 is 0.885 bits per heavy atom. The van der Waals surface area contributed by atoms with Crippen LogP contribution in [0.25, 0.3) is 10.8 Å². The Kier molecular flexibility index (Phi) is 6.58. The van der Waals surface area contributed by atoms with E-state index in [1.165, 1.54) is 22.9 Å². The van der Waals surface area contributed by atoms with Gasteiger partial charge in [0.1, 0.15) is 18.2 Å². The predicted octanol–water partition coefficient (Wildman–Crippen LogP) is 4.68. The van der Waals surface area contributed by atoms with Gasteiger partial charge >= 0.3 is 0 Å². The second-order valence-corrected chi connectivity index (χ2v) is 6.04. The van der Waals surface area contributed by atoms with Crippen molar-refractivity contribution in [1.29, 1.82) is 0 Å². The lowest BCUT2D eigenvalue weighted by Gasteiger charge is -2.15. The number of hydrogen-bond acceptors (Lipinski definition) is 3. The normalized spacial score (nSPS) is 11.0. The van der Waals surface area contributed by atoms with Crippen LogP contribution in [0.3, 0.4) is 0 Å². The van der Waals surface area contributed by atoms with Gasteiger partial charge in [-0.25, -0.2) is 4.39 Å². The van der Waals surface area contributed by atoms with Crippen LogP contribution in [0.4, 0.5) is 4.39 Å². The van der Waals surface area contributed by atoms with Gasteiger partial charge in [0.15, 0.2) is 0 Å². The average Bonchev–Trinajstić information content (AvgIpc) is 2.67. The lowest BCUT2D eigenvalue weighted by molar-refractivity contribution is 0.110. The summed E-state index contributed by atoms with van der Waals surface area (Å²) in [4.78, 5) is 0. The molecular formula is C22H24FNO2. The van der Waals surface area contributed by atoms with Crippen LogP contribution in [0.2, 0.25) is 0 Å². The minimum atomic E-state index is -0.215. The van der Waals surface area contributed by atoms with Crippen molar-refractivity contribution in [2.45, 2.75) is 20.0 Å². The third-order valence-corrected chi connectivity index (χ3v) is 4.23. The molecule has 136 valence electrons. The quantitative estimate of drug-likeness (QED) is 0.567. The molecule has 0 saturated carbocycles. The molecule has 0 radical (unpaired) electrons. The Morgan fingerprint density at radius 3 is 2.50 bits per heavy atom. The van der Waals surface area contributed by atoms with E-state index in [0.29, 0.717) is 32.9 Å². The number of ether oxygens (including phenoxy) is 2. The van der Waals surface area contributed by atoms with E-state index in [4.69, 9.17) is 9.47 Å². The van der Waals surface area contributed by atoms with Gasteiger partial charge in [-0.2, -0.15) is 0 Å². The van der Waals surface area contributed by atoms with Gasteiger partial charge in [0.05, 0.1) is 6.61 Å². The fourth-order valence-electron chi connectivity index (χ4n) is 2.92. The number of halogens is 1. The van der Waals surface area contributed by atoms with Crippen molar-refractivity contribution in [2.24, 2.45) is 0 Å². The predicted molar refractivity (Wildman–Crippen MR) is 103 cm³/mol. The highest BCUT2D eigenvalue weighted by atomic mass is 19.1. The fourth-order valence-corrected chi connectivity index (χ4v) is 2.92. The largest absolute Gasteiger partial charge is 0.491 e. The Labute approximate surface area is 153 Å². The standard InChI is InChI=1S/C22H24FNO2/c1-2-25-13-14-26-22-12-9-18-5-3-4-6-20(18)21(22)16-24-15-17-7-10-19(23)11-8-17/h3-12,24H,2,13-16H2,1H3. The molecule has 3 aromatic carbocycles. The highest BCUT2D eigenvalue weighted by Crippen LogP contribution is 2.28. The summed E-state index contributed by atoms with van der Waals surface area (Å²) in [6.07, 6.45) is 0. The van der Waals surface area contributed by atoms with E-state index < -0.39 is 0 Å². The van der Waals surface area contributed by atoms with Gasteiger partial charge in [0.2, 0.25) is 0 Å². The molecule has 3 aromatic rings. The number of fused-ring (bicyclic) bond motifs is 1. The maximum atomic E-state index is 13.0. The summed E-state index contributed by atoms with van der Waals surface area (Å²) in [6, 6.07) is 18.9. The second kappa shape index (κ2) is 9.32. The fraction of sp³-hybridized carbons (Fsp3) is 0.273. The zero-order valence-corrected chi connectivity index (χ0v) is 15.0. The SMILES string of the molecule is CCOCCOc1ccc2ccccc2c1CNCc1ccc(F)cc1. The van der Waals surface area contributed by atoms with Crippen LogP contribution < -0.4 is 10.1 Å². The van der Waals surface area contributed by atoms with Crippen LogP contribution in [0.15, 0.2) is 60.7 Å². The molecule has 0 aliphatic heterocycles. The van der Waals surface area contributed by atoms with Crippen molar-refractivity contribution in [1.82, 2.24) is 5.32 Å². The van der Waals surface area contributed by atoms with E-state index in [1.807, 2.05) is 25.1 Å². The molecule has 0 amide bonds. The lowest BCUT2D eigenvalue weighted by atomic mass is 10.0. The molecule has 0 aliphatic rings. The summed E-state index contributed by atoms with van der Waals surface area (Å²) in [6.45, 7) is 5.10. The second-order valence-electron chi connectivity index (χ2n) is 6.04. The maximum Gasteiger partial charge on any atom is 0.124 e. The van der Waals surface area contributed by atoms with Gasteiger partial charge < -0.3 is 14.8 Å². The van der Waals surface area contributed by atoms with Gasteiger partial charge in [0, 0.05) is 25.3 Å². The summed E-state index contributed by atoms with van der Waals surface area (Å²) in [7, 11) is 0. The average molecular weight is 353 g/mol. The first-order valence-electron chi connectivity index (χ1n) is 8.94. The monoisotopic (exact) mass is 353 g/mol. The van der Waals surface area contributed by atoms with Gasteiger partial charge in [-0.1, -0.05) is 42.5 Å². The summed E-state index contributed by atoms with van der Waals surface area (Å²) in [5.74, 6) is 0.655. The third kappa shape index (κ3) is 4.81. The first-order chi connectivity index (χ1) is 12.8. The molecule has 0 saturated heterocycles. The molecule has 3 nitrogen and oxygen atoms in total. The summed E-state index contributed by atoms with van der Waals surface area (Å²) >= 11 is 0. The molecule has 1 N–H and O–H groups in total. The van der Waals surface area contributed by atoms with Gasteiger partial charge in [-0.3, -0.25) is 0 Å². The Hall–Kier alpha value is -2.43. The number of nitrogens with one attached hydrogen (secondary N) is 1. The minimum absolute atomic E-state index is 0.215. The van der Waals surface area contributed by atoms with Crippen molar-refractivity contribution < 1.29 is 13.9 Å². The molecular weight excluding hydrogens is 329 g/mol.